The van der Waals surface area contributed by atoms with Crippen LogP contribution in [0.2, 0.25) is 0 Å². The van der Waals surface area contributed by atoms with Crippen molar-refractivity contribution in [3.8, 4) is 0 Å². The largest absolute Gasteiger partial charge is 0.0625 e. The molecule has 0 saturated heterocycles. The lowest BCUT2D eigenvalue weighted by Gasteiger charge is -2.26. The molecular formula is C16H26Si. The summed E-state index contributed by atoms with van der Waals surface area (Å²) in [5.74, 6) is 1.99. The summed E-state index contributed by atoms with van der Waals surface area (Å²) in [6.45, 7) is 2.41. The zero-order valence-electron chi connectivity index (χ0n) is 11.4. The van der Waals surface area contributed by atoms with E-state index in [4.69, 9.17) is 0 Å². The highest BCUT2D eigenvalue weighted by Crippen LogP contribution is 2.31. The third kappa shape index (κ3) is 3.99. The third-order valence-corrected chi connectivity index (χ3v) is 5.22. The summed E-state index contributed by atoms with van der Waals surface area (Å²) in [5.41, 5.74) is 3.06. The normalized spacial score (nSPS) is 25.0. The predicted octanol–water partition coefficient (Wildman–Crippen LogP) is 3.31. The zero-order valence-corrected chi connectivity index (χ0v) is 13.4. The Balaban J connectivity index is 1.77. The molecule has 0 atom stereocenters. The molecule has 0 aliphatic heterocycles. The lowest BCUT2D eigenvalue weighted by molar-refractivity contribution is 0.278. The van der Waals surface area contributed by atoms with E-state index in [1.807, 2.05) is 0 Å². The fourth-order valence-corrected chi connectivity index (χ4v) is 3.40. The average molecular weight is 246 g/mol. The molecule has 1 saturated carbocycles. The Labute approximate surface area is 109 Å². The molecule has 0 radical (unpaired) electrons. The van der Waals surface area contributed by atoms with Crippen LogP contribution in [0.4, 0.5) is 0 Å². The number of rotatable bonds is 4. The molecule has 1 aromatic rings. The van der Waals surface area contributed by atoms with E-state index in [2.05, 4.69) is 31.2 Å². The maximum absolute atomic E-state index is 2.41. The van der Waals surface area contributed by atoms with E-state index in [1.54, 1.807) is 5.56 Å². The van der Waals surface area contributed by atoms with E-state index in [-0.39, 0.29) is 0 Å². The van der Waals surface area contributed by atoms with E-state index in [0.29, 0.717) is 0 Å². The van der Waals surface area contributed by atoms with Gasteiger partial charge in [0.1, 0.15) is 0 Å². The van der Waals surface area contributed by atoms with Crippen LogP contribution in [-0.4, -0.2) is 10.2 Å². The van der Waals surface area contributed by atoms with Gasteiger partial charge in [-0.2, -0.15) is 0 Å². The van der Waals surface area contributed by atoms with Crippen LogP contribution in [0, 0.1) is 11.8 Å². The standard InChI is InChI=1S/C16H26Si/c1-13-2-4-14(5-3-13)6-7-15-8-10-16(12-17)11-9-15/h8-11,13-14H,2-7,12H2,1,17H3. The average Bonchev–Trinajstić information content (AvgIpc) is 2.39. The van der Waals surface area contributed by atoms with E-state index in [1.165, 1.54) is 60.4 Å². The van der Waals surface area contributed by atoms with Gasteiger partial charge in [-0.3, -0.25) is 0 Å². The minimum absolute atomic E-state index is 0.985. The molecule has 94 valence electrons. The lowest BCUT2D eigenvalue weighted by Crippen LogP contribution is -2.12. The van der Waals surface area contributed by atoms with Crippen molar-refractivity contribution >= 4 is 10.2 Å². The van der Waals surface area contributed by atoms with Crippen molar-refractivity contribution in [2.24, 2.45) is 11.8 Å². The van der Waals surface area contributed by atoms with E-state index in [9.17, 15) is 0 Å². The summed E-state index contributed by atoms with van der Waals surface area (Å²) < 4.78 is 0. The Morgan fingerprint density at radius 1 is 1.00 bits per heavy atom. The molecule has 17 heavy (non-hydrogen) atoms. The van der Waals surface area contributed by atoms with Crippen LogP contribution < -0.4 is 0 Å². The maximum atomic E-state index is 2.41. The highest BCUT2D eigenvalue weighted by molar-refractivity contribution is 6.08. The van der Waals surface area contributed by atoms with Crippen LogP contribution in [0.3, 0.4) is 0 Å². The molecule has 0 heterocycles. The molecule has 0 nitrogen and oxygen atoms in total. The Hall–Kier alpha value is -0.563. The molecule has 1 aliphatic carbocycles. The van der Waals surface area contributed by atoms with Gasteiger partial charge in [0.15, 0.2) is 0 Å². The van der Waals surface area contributed by atoms with Gasteiger partial charge in [0, 0.05) is 10.2 Å². The summed E-state index contributed by atoms with van der Waals surface area (Å²) in [6, 6.07) is 10.6. The Kier molecular flexibility index (Phi) is 4.84. The van der Waals surface area contributed by atoms with Gasteiger partial charge in [0.2, 0.25) is 0 Å². The van der Waals surface area contributed by atoms with Gasteiger partial charge in [-0.05, 0) is 36.3 Å². The topological polar surface area (TPSA) is 0 Å². The number of benzene rings is 1. The monoisotopic (exact) mass is 246 g/mol. The molecule has 1 aromatic carbocycles. The Bertz CT molecular complexity index is 320. The quantitative estimate of drug-likeness (QED) is 0.715. The van der Waals surface area contributed by atoms with E-state index in [0.717, 1.165) is 11.8 Å². The molecule has 1 aliphatic rings. The van der Waals surface area contributed by atoms with Gasteiger partial charge < -0.3 is 0 Å². The minimum Gasteiger partial charge on any atom is -0.0625 e. The van der Waals surface area contributed by atoms with Crippen LogP contribution in [0.25, 0.3) is 0 Å². The Morgan fingerprint density at radius 3 is 2.18 bits per heavy atom. The molecule has 0 unspecified atom stereocenters. The molecular weight excluding hydrogens is 220 g/mol. The van der Waals surface area contributed by atoms with Crippen LogP contribution in [-0.2, 0) is 12.5 Å². The van der Waals surface area contributed by atoms with Crippen LogP contribution in [0.15, 0.2) is 24.3 Å². The molecule has 2 rings (SSSR count). The van der Waals surface area contributed by atoms with E-state index >= 15 is 0 Å². The molecule has 0 aromatic heterocycles. The van der Waals surface area contributed by atoms with Crippen LogP contribution in [0.1, 0.15) is 50.2 Å². The van der Waals surface area contributed by atoms with Gasteiger partial charge in [-0.1, -0.05) is 62.4 Å². The molecule has 1 heteroatoms. The van der Waals surface area contributed by atoms with Crippen molar-refractivity contribution in [2.45, 2.75) is 51.5 Å². The van der Waals surface area contributed by atoms with Gasteiger partial charge in [-0.15, -0.1) is 0 Å². The second-order valence-electron chi connectivity index (χ2n) is 5.83. The first-order chi connectivity index (χ1) is 8.28. The first kappa shape index (κ1) is 12.9. The van der Waals surface area contributed by atoms with Crippen LogP contribution >= 0.6 is 0 Å². The maximum Gasteiger partial charge on any atom is 0.00833 e. The minimum atomic E-state index is 0.985. The van der Waals surface area contributed by atoms with Crippen molar-refractivity contribution in [3.05, 3.63) is 35.4 Å². The first-order valence-electron chi connectivity index (χ1n) is 7.35. The second kappa shape index (κ2) is 6.39. The highest BCUT2D eigenvalue weighted by Gasteiger charge is 2.17. The highest BCUT2D eigenvalue weighted by atomic mass is 28.1. The molecule has 0 bridgehead atoms. The number of hydrogen-bond donors (Lipinski definition) is 0. The van der Waals surface area contributed by atoms with Crippen molar-refractivity contribution in [3.63, 3.8) is 0 Å². The van der Waals surface area contributed by atoms with Crippen molar-refractivity contribution in [1.29, 1.82) is 0 Å². The molecule has 0 spiro atoms. The summed E-state index contributed by atoms with van der Waals surface area (Å²) in [4.78, 5) is 0. The number of hydrogen-bond acceptors (Lipinski definition) is 0. The lowest BCUT2D eigenvalue weighted by atomic mass is 9.80. The van der Waals surface area contributed by atoms with Gasteiger partial charge in [-0.25, -0.2) is 0 Å². The zero-order chi connectivity index (χ0) is 12.1. The fourth-order valence-electron chi connectivity index (χ4n) is 2.93. The molecule has 0 amide bonds. The van der Waals surface area contributed by atoms with Crippen molar-refractivity contribution < 1.29 is 0 Å². The summed E-state index contributed by atoms with van der Waals surface area (Å²) in [5, 5.41) is 0. The van der Waals surface area contributed by atoms with Crippen molar-refractivity contribution in [2.75, 3.05) is 0 Å². The molecule has 0 N–H and O–H groups in total. The molecule has 1 fully saturated rings. The van der Waals surface area contributed by atoms with Gasteiger partial charge in [0.25, 0.3) is 0 Å². The third-order valence-electron chi connectivity index (χ3n) is 4.41. The number of aryl methyl sites for hydroxylation is 1. The fraction of sp³-hybridized carbons (Fsp3) is 0.625. The second-order valence-corrected chi connectivity index (χ2v) is 6.54. The van der Waals surface area contributed by atoms with Gasteiger partial charge in [0.05, 0.1) is 0 Å². The summed E-state index contributed by atoms with van der Waals surface area (Å²) in [7, 11) is 1.28. The summed E-state index contributed by atoms with van der Waals surface area (Å²) in [6.07, 6.45) is 8.57. The smallest absolute Gasteiger partial charge is 0.00833 e. The summed E-state index contributed by atoms with van der Waals surface area (Å²) >= 11 is 0. The predicted molar refractivity (Wildman–Crippen MR) is 79.5 cm³/mol. The first-order valence-corrected chi connectivity index (χ1v) is 8.77. The SMILES string of the molecule is CC1CCC(CCc2ccc(C[SiH3])cc2)CC1. The van der Waals surface area contributed by atoms with Crippen LogP contribution in [0.5, 0.6) is 0 Å². The van der Waals surface area contributed by atoms with Gasteiger partial charge >= 0.3 is 0 Å². The van der Waals surface area contributed by atoms with E-state index < -0.39 is 0 Å². The van der Waals surface area contributed by atoms with Crippen molar-refractivity contribution in [1.82, 2.24) is 0 Å². The Morgan fingerprint density at radius 2 is 1.59 bits per heavy atom.